The van der Waals surface area contributed by atoms with E-state index in [9.17, 15) is 4.79 Å². The lowest BCUT2D eigenvalue weighted by atomic mass is 10.1. The van der Waals surface area contributed by atoms with E-state index in [-0.39, 0.29) is 5.91 Å². The van der Waals surface area contributed by atoms with Crippen molar-refractivity contribution in [3.05, 3.63) is 53.0 Å². The molecular weight excluding hydrogens is 264 g/mol. The van der Waals surface area contributed by atoms with Gasteiger partial charge in [-0.15, -0.1) is 0 Å². The standard InChI is InChI=1S/C17H22N2O2/c1-12-10-16(13(2)21-12)17(20)19(5)11-14-6-8-15(9-7-14)18(3)4/h6-10H,11H2,1-5H3. The Bertz CT molecular complexity index is 627. The van der Waals surface area contributed by atoms with Crippen LogP contribution in [0.1, 0.15) is 27.4 Å². The predicted molar refractivity (Wildman–Crippen MR) is 84.7 cm³/mol. The van der Waals surface area contributed by atoms with E-state index in [2.05, 4.69) is 17.0 Å². The highest BCUT2D eigenvalue weighted by Crippen LogP contribution is 2.18. The molecule has 2 aromatic rings. The fraction of sp³-hybridized carbons (Fsp3) is 0.353. The van der Waals surface area contributed by atoms with E-state index >= 15 is 0 Å². The summed E-state index contributed by atoms with van der Waals surface area (Å²) in [4.78, 5) is 16.2. The van der Waals surface area contributed by atoms with Gasteiger partial charge in [0.1, 0.15) is 11.5 Å². The van der Waals surface area contributed by atoms with E-state index in [1.807, 2.05) is 47.1 Å². The van der Waals surface area contributed by atoms with Crippen LogP contribution in [0.5, 0.6) is 0 Å². The SMILES string of the molecule is Cc1cc(C(=O)N(C)Cc2ccc(N(C)C)cc2)c(C)o1. The number of rotatable bonds is 4. The van der Waals surface area contributed by atoms with Gasteiger partial charge in [0.15, 0.2) is 0 Å². The molecule has 0 saturated heterocycles. The molecule has 0 aliphatic rings. The predicted octanol–water partition coefficient (Wildman–Crippen LogP) is 3.23. The lowest BCUT2D eigenvalue weighted by Crippen LogP contribution is -2.26. The van der Waals surface area contributed by atoms with Gasteiger partial charge < -0.3 is 14.2 Å². The topological polar surface area (TPSA) is 36.7 Å². The minimum atomic E-state index is -0.0129. The van der Waals surface area contributed by atoms with Crippen LogP contribution in [-0.2, 0) is 6.54 Å². The van der Waals surface area contributed by atoms with Gasteiger partial charge >= 0.3 is 0 Å². The Morgan fingerprint density at radius 2 is 1.71 bits per heavy atom. The van der Waals surface area contributed by atoms with E-state index in [0.717, 1.165) is 17.0 Å². The Morgan fingerprint density at radius 1 is 1.10 bits per heavy atom. The molecular formula is C17H22N2O2. The second kappa shape index (κ2) is 6.04. The largest absolute Gasteiger partial charge is 0.466 e. The molecule has 0 fully saturated rings. The number of hydrogen-bond donors (Lipinski definition) is 0. The van der Waals surface area contributed by atoms with Crippen molar-refractivity contribution in [2.24, 2.45) is 0 Å². The number of furan rings is 1. The van der Waals surface area contributed by atoms with Gasteiger partial charge in [-0.3, -0.25) is 4.79 Å². The molecule has 1 heterocycles. The van der Waals surface area contributed by atoms with Gasteiger partial charge in [-0.1, -0.05) is 12.1 Å². The Kier molecular flexibility index (Phi) is 4.36. The molecule has 0 saturated carbocycles. The van der Waals surface area contributed by atoms with Gasteiger partial charge in [-0.05, 0) is 37.6 Å². The van der Waals surface area contributed by atoms with Crippen molar-refractivity contribution in [2.45, 2.75) is 20.4 Å². The maximum atomic E-state index is 12.4. The minimum absolute atomic E-state index is 0.0129. The molecule has 0 aliphatic heterocycles. The van der Waals surface area contributed by atoms with Gasteiger partial charge in [-0.25, -0.2) is 0 Å². The van der Waals surface area contributed by atoms with Crippen molar-refractivity contribution in [1.82, 2.24) is 4.90 Å². The summed E-state index contributed by atoms with van der Waals surface area (Å²) in [7, 11) is 5.83. The third-order valence-electron chi connectivity index (χ3n) is 3.49. The van der Waals surface area contributed by atoms with Crippen LogP contribution in [0, 0.1) is 13.8 Å². The van der Waals surface area contributed by atoms with Crippen molar-refractivity contribution < 1.29 is 9.21 Å². The van der Waals surface area contributed by atoms with Crippen molar-refractivity contribution in [3.8, 4) is 0 Å². The molecule has 112 valence electrons. The van der Waals surface area contributed by atoms with E-state index in [1.165, 1.54) is 0 Å². The minimum Gasteiger partial charge on any atom is -0.466 e. The summed E-state index contributed by atoms with van der Waals surface area (Å²) in [6, 6.07) is 10.0. The average Bonchev–Trinajstić information content (AvgIpc) is 2.77. The zero-order valence-electron chi connectivity index (χ0n) is 13.3. The van der Waals surface area contributed by atoms with Crippen LogP contribution in [0.25, 0.3) is 0 Å². The van der Waals surface area contributed by atoms with E-state index < -0.39 is 0 Å². The zero-order valence-corrected chi connectivity index (χ0v) is 13.3. The number of anilines is 1. The van der Waals surface area contributed by atoms with Gasteiger partial charge in [-0.2, -0.15) is 0 Å². The smallest absolute Gasteiger partial charge is 0.257 e. The highest BCUT2D eigenvalue weighted by molar-refractivity contribution is 5.95. The molecule has 4 nitrogen and oxygen atoms in total. The summed E-state index contributed by atoms with van der Waals surface area (Å²) in [6.45, 7) is 4.25. The molecule has 4 heteroatoms. The summed E-state index contributed by atoms with van der Waals surface area (Å²) < 4.78 is 5.43. The van der Waals surface area contributed by atoms with Crippen molar-refractivity contribution in [1.29, 1.82) is 0 Å². The second-order valence-corrected chi connectivity index (χ2v) is 5.55. The second-order valence-electron chi connectivity index (χ2n) is 5.55. The van der Waals surface area contributed by atoms with Gasteiger partial charge in [0, 0.05) is 33.4 Å². The highest BCUT2D eigenvalue weighted by Gasteiger charge is 2.17. The number of carbonyl (C=O) groups excluding carboxylic acids is 1. The molecule has 0 atom stereocenters. The molecule has 1 aromatic heterocycles. The first-order valence-electron chi connectivity index (χ1n) is 6.97. The third kappa shape index (κ3) is 3.45. The lowest BCUT2D eigenvalue weighted by Gasteiger charge is -2.18. The van der Waals surface area contributed by atoms with Gasteiger partial charge in [0.2, 0.25) is 0 Å². The number of carbonyl (C=O) groups is 1. The molecule has 0 N–H and O–H groups in total. The zero-order chi connectivity index (χ0) is 15.6. The maximum Gasteiger partial charge on any atom is 0.257 e. The van der Waals surface area contributed by atoms with Crippen LogP contribution in [0.2, 0.25) is 0 Å². The molecule has 0 bridgehead atoms. The molecule has 1 aromatic carbocycles. The summed E-state index contributed by atoms with van der Waals surface area (Å²) in [5, 5.41) is 0. The first kappa shape index (κ1) is 15.2. The fourth-order valence-electron chi connectivity index (χ4n) is 2.29. The van der Waals surface area contributed by atoms with Crippen LogP contribution in [0.15, 0.2) is 34.7 Å². The summed E-state index contributed by atoms with van der Waals surface area (Å²) in [5.74, 6) is 1.42. The third-order valence-corrected chi connectivity index (χ3v) is 3.49. The Morgan fingerprint density at radius 3 is 2.19 bits per heavy atom. The first-order valence-corrected chi connectivity index (χ1v) is 6.97. The summed E-state index contributed by atoms with van der Waals surface area (Å²) in [6.07, 6.45) is 0. The molecule has 0 unspecified atom stereocenters. The average molecular weight is 286 g/mol. The summed E-state index contributed by atoms with van der Waals surface area (Å²) >= 11 is 0. The van der Waals surface area contributed by atoms with Crippen molar-refractivity contribution in [3.63, 3.8) is 0 Å². The fourth-order valence-corrected chi connectivity index (χ4v) is 2.29. The van der Waals surface area contributed by atoms with Crippen LogP contribution in [-0.4, -0.2) is 32.0 Å². The van der Waals surface area contributed by atoms with Gasteiger partial charge in [0.05, 0.1) is 5.56 Å². The van der Waals surface area contributed by atoms with Crippen LogP contribution >= 0.6 is 0 Å². The number of amides is 1. The number of benzene rings is 1. The summed E-state index contributed by atoms with van der Waals surface area (Å²) in [5.41, 5.74) is 2.89. The van der Waals surface area contributed by atoms with Crippen LogP contribution in [0.3, 0.4) is 0 Å². The van der Waals surface area contributed by atoms with E-state index in [1.54, 1.807) is 11.0 Å². The molecule has 0 radical (unpaired) electrons. The normalized spacial score (nSPS) is 10.5. The Hall–Kier alpha value is -2.23. The van der Waals surface area contributed by atoms with Gasteiger partial charge in [0.25, 0.3) is 5.91 Å². The Balaban J connectivity index is 2.08. The number of aryl methyl sites for hydroxylation is 2. The van der Waals surface area contributed by atoms with Crippen molar-refractivity contribution in [2.75, 3.05) is 26.0 Å². The maximum absolute atomic E-state index is 12.4. The molecule has 2 rings (SSSR count). The monoisotopic (exact) mass is 286 g/mol. The van der Waals surface area contributed by atoms with Crippen molar-refractivity contribution >= 4 is 11.6 Å². The quantitative estimate of drug-likeness (QED) is 0.866. The molecule has 0 aliphatic carbocycles. The Labute approximate surface area is 126 Å². The van der Waals surface area contributed by atoms with E-state index in [0.29, 0.717) is 17.9 Å². The molecule has 21 heavy (non-hydrogen) atoms. The highest BCUT2D eigenvalue weighted by atomic mass is 16.3. The number of hydrogen-bond acceptors (Lipinski definition) is 3. The lowest BCUT2D eigenvalue weighted by molar-refractivity contribution is 0.0783. The number of nitrogens with zero attached hydrogens (tertiary/aromatic N) is 2. The van der Waals surface area contributed by atoms with Crippen LogP contribution < -0.4 is 4.90 Å². The first-order chi connectivity index (χ1) is 9.88. The van der Waals surface area contributed by atoms with Crippen LogP contribution in [0.4, 0.5) is 5.69 Å². The van der Waals surface area contributed by atoms with E-state index in [4.69, 9.17) is 4.42 Å². The molecule has 0 spiro atoms. The molecule has 1 amide bonds.